The predicted octanol–water partition coefficient (Wildman–Crippen LogP) is -0.859. The maximum atomic E-state index is 4.84. The molecule has 0 aromatic carbocycles. The molecule has 1 aliphatic rings. The average Bonchev–Trinajstić information content (AvgIpc) is 1.85. The van der Waals surface area contributed by atoms with Gasteiger partial charge in [0.05, 0.1) is 0 Å². The molecule has 0 spiro atoms. The summed E-state index contributed by atoms with van der Waals surface area (Å²) >= 11 is 4.84. The first kappa shape index (κ1) is 6.35. The second-order valence-corrected chi connectivity index (χ2v) is 2.32. The number of nitrogens with one attached hydrogen (secondary N) is 1. The number of ether oxygens (including phenoxy) is 1. The normalized spacial score (nSPS) is 40.9. The van der Waals surface area contributed by atoms with Crippen molar-refractivity contribution < 1.29 is 4.74 Å². The van der Waals surface area contributed by atoms with E-state index in [0.29, 0.717) is 0 Å². The predicted molar refractivity (Wildman–Crippen MR) is 33.7 cm³/mol. The van der Waals surface area contributed by atoms with Crippen LogP contribution in [-0.2, 0) is 12.6 Å². The Labute approximate surface area is 54.4 Å². The van der Waals surface area contributed by atoms with Gasteiger partial charge in [0, 0.05) is 14.0 Å². The SMILES string of the molecule is CC1[OH+]C([S-])NN1C. The van der Waals surface area contributed by atoms with Crippen molar-refractivity contribution in [3.8, 4) is 0 Å². The van der Waals surface area contributed by atoms with Gasteiger partial charge in [-0.15, -0.1) is 0 Å². The molecule has 1 fully saturated rings. The van der Waals surface area contributed by atoms with Gasteiger partial charge in [-0.25, -0.2) is 5.43 Å². The smallest absolute Gasteiger partial charge is 0.223 e. The molecule has 2 atom stereocenters. The van der Waals surface area contributed by atoms with Crippen LogP contribution in [0.15, 0.2) is 0 Å². The molecular weight excluding hydrogens is 124 g/mol. The molecule has 0 saturated carbocycles. The maximum absolute atomic E-state index is 4.84. The Kier molecular flexibility index (Phi) is 1.77. The van der Waals surface area contributed by atoms with E-state index in [4.69, 9.17) is 12.6 Å². The third-order valence-corrected chi connectivity index (χ3v) is 1.45. The molecule has 0 radical (unpaired) electrons. The van der Waals surface area contributed by atoms with Crippen molar-refractivity contribution in [1.29, 1.82) is 0 Å². The molecule has 4 heteroatoms. The molecule has 0 aromatic heterocycles. The lowest BCUT2D eigenvalue weighted by molar-refractivity contribution is -0.0978. The van der Waals surface area contributed by atoms with Crippen molar-refractivity contribution in [2.75, 3.05) is 7.05 Å². The molecule has 2 unspecified atom stereocenters. The Morgan fingerprint density at radius 3 is 2.50 bits per heavy atom. The molecule has 8 heavy (non-hydrogen) atoms. The number of rotatable bonds is 0. The highest BCUT2D eigenvalue weighted by Crippen LogP contribution is 2.01. The van der Waals surface area contributed by atoms with Gasteiger partial charge in [-0.2, -0.15) is 5.01 Å². The summed E-state index contributed by atoms with van der Waals surface area (Å²) in [5.41, 5.74) is 2.83. The van der Waals surface area contributed by atoms with E-state index in [1.165, 1.54) is 0 Å². The fraction of sp³-hybridized carbons (Fsp3) is 1.00. The Hall–Kier alpha value is 0.230. The van der Waals surface area contributed by atoms with E-state index >= 15 is 0 Å². The molecule has 0 bridgehead atoms. The summed E-state index contributed by atoms with van der Waals surface area (Å²) in [5.74, 6) is 0. The minimum atomic E-state index is -0.116. The fourth-order valence-electron chi connectivity index (χ4n) is 0.611. The summed E-state index contributed by atoms with van der Waals surface area (Å²) in [5, 5.41) is 1.90. The number of aliphatic hydroxyl groups is 2. The van der Waals surface area contributed by atoms with Crippen LogP contribution in [0.25, 0.3) is 0 Å². The quantitative estimate of drug-likeness (QED) is 0.345. The van der Waals surface area contributed by atoms with Crippen molar-refractivity contribution >= 4 is 12.6 Å². The number of nitrogens with zero attached hydrogens (tertiary/aromatic N) is 1. The van der Waals surface area contributed by atoms with Crippen LogP contribution in [0.4, 0.5) is 0 Å². The van der Waals surface area contributed by atoms with Gasteiger partial charge in [-0.05, 0) is 0 Å². The van der Waals surface area contributed by atoms with Crippen LogP contribution in [-0.4, -0.2) is 28.6 Å². The monoisotopic (exact) mass is 134 g/mol. The van der Waals surface area contributed by atoms with Crippen LogP contribution >= 0.6 is 0 Å². The highest BCUT2D eigenvalue weighted by atomic mass is 32.1. The average molecular weight is 134 g/mol. The van der Waals surface area contributed by atoms with Gasteiger partial charge in [-0.1, -0.05) is 0 Å². The van der Waals surface area contributed by atoms with Crippen LogP contribution in [0.1, 0.15) is 6.92 Å². The Morgan fingerprint density at radius 1 is 1.75 bits per heavy atom. The third-order valence-electron chi connectivity index (χ3n) is 1.23. The summed E-state index contributed by atoms with van der Waals surface area (Å²) in [7, 11) is 1.93. The standard InChI is InChI=1S/C4H10N2OS/c1-3-6(2)5-4(8)7-3/h3-5,8H,1-2H3. The fourth-order valence-corrected chi connectivity index (χ4v) is 0.954. The first-order valence-corrected chi connectivity index (χ1v) is 3.02. The largest absolute Gasteiger partial charge is 0.685 e. The van der Waals surface area contributed by atoms with Crippen LogP contribution in [0.2, 0.25) is 0 Å². The van der Waals surface area contributed by atoms with Gasteiger partial charge in [-0.3, -0.25) is 0 Å². The number of hydrazine groups is 1. The van der Waals surface area contributed by atoms with Gasteiger partial charge in [0.1, 0.15) is 5.56 Å². The molecule has 1 rings (SSSR count). The summed E-state index contributed by atoms with van der Waals surface area (Å²) in [6, 6.07) is 0. The van der Waals surface area contributed by atoms with Crippen molar-refractivity contribution in [2.45, 2.75) is 18.7 Å². The lowest BCUT2D eigenvalue weighted by atomic mass is 10.7. The van der Waals surface area contributed by atoms with E-state index in [2.05, 4.69) is 10.2 Å². The Bertz CT molecular complexity index is 80.1. The summed E-state index contributed by atoms with van der Waals surface area (Å²) in [4.78, 5) is 0. The molecule has 0 amide bonds. The molecule has 0 aliphatic carbocycles. The number of hydrogen-bond donors (Lipinski definition) is 1. The lowest BCUT2D eigenvalue weighted by Gasteiger charge is -2.07. The van der Waals surface area contributed by atoms with E-state index in [0.717, 1.165) is 0 Å². The second-order valence-electron chi connectivity index (χ2n) is 1.87. The van der Waals surface area contributed by atoms with Gasteiger partial charge >= 0.3 is 0 Å². The molecule has 1 aliphatic heterocycles. The Balaban J connectivity index is 2.39. The van der Waals surface area contributed by atoms with E-state index in [1.54, 1.807) is 0 Å². The molecule has 0 aromatic rings. The molecular formula is C4H10N2OS. The molecule has 1 saturated heterocycles. The minimum Gasteiger partial charge on any atom is -0.685 e. The molecule has 2 N–H and O–H groups in total. The van der Waals surface area contributed by atoms with Crippen LogP contribution < -0.4 is 5.43 Å². The first-order chi connectivity index (χ1) is 3.70. The molecule has 48 valence electrons. The zero-order chi connectivity index (χ0) is 6.15. The zero-order valence-corrected chi connectivity index (χ0v) is 5.77. The second kappa shape index (κ2) is 2.23. The molecule has 3 nitrogen and oxygen atoms in total. The summed E-state index contributed by atoms with van der Waals surface area (Å²) < 4.78 is 4.10. The summed E-state index contributed by atoms with van der Waals surface area (Å²) in [6.45, 7) is 2.00. The minimum absolute atomic E-state index is 0.116. The topological polar surface area (TPSA) is 28.1 Å². The van der Waals surface area contributed by atoms with E-state index in [-0.39, 0.29) is 11.8 Å². The van der Waals surface area contributed by atoms with E-state index < -0.39 is 0 Å². The van der Waals surface area contributed by atoms with Crippen LogP contribution in [0.3, 0.4) is 0 Å². The number of hydrogen-bond acceptors (Lipinski definition) is 3. The third kappa shape index (κ3) is 1.14. The van der Waals surface area contributed by atoms with E-state index in [1.807, 2.05) is 19.0 Å². The lowest BCUT2D eigenvalue weighted by Crippen LogP contribution is -2.33. The first-order valence-electron chi connectivity index (χ1n) is 2.55. The van der Waals surface area contributed by atoms with Gasteiger partial charge in [0.15, 0.2) is 0 Å². The van der Waals surface area contributed by atoms with Crippen molar-refractivity contribution in [1.82, 2.24) is 10.4 Å². The van der Waals surface area contributed by atoms with Gasteiger partial charge in [0.25, 0.3) is 0 Å². The van der Waals surface area contributed by atoms with Gasteiger partial charge < -0.3 is 17.4 Å². The van der Waals surface area contributed by atoms with Crippen LogP contribution in [0, 0.1) is 0 Å². The van der Waals surface area contributed by atoms with E-state index in [9.17, 15) is 0 Å². The zero-order valence-electron chi connectivity index (χ0n) is 4.96. The van der Waals surface area contributed by atoms with Gasteiger partial charge in [0.2, 0.25) is 6.23 Å². The molecule has 1 heterocycles. The summed E-state index contributed by atoms with van der Waals surface area (Å²) in [6.07, 6.45) is 0.234. The highest BCUT2D eigenvalue weighted by Gasteiger charge is 2.22. The maximum Gasteiger partial charge on any atom is 0.223 e. The van der Waals surface area contributed by atoms with Crippen molar-refractivity contribution in [3.63, 3.8) is 0 Å². The Morgan fingerprint density at radius 2 is 2.38 bits per heavy atom. The van der Waals surface area contributed by atoms with Crippen molar-refractivity contribution in [2.24, 2.45) is 0 Å². The van der Waals surface area contributed by atoms with Crippen molar-refractivity contribution in [3.05, 3.63) is 0 Å². The highest BCUT2D eigenvalue weighted by molar-refractivity contribution is 7.59. The van der Waals surface area contributed by atoms with Crippen LogP contribution in [0.5, 0.6) is 0 Å².